The van der Waals surface area contributed by atoms with Gasteiger partial charge >= 0.3 is 5.97 Å². The zero-order chi connectivity index (χ0) is 18.9. The third-order valence-electron chi connectivity index (χ3n) is 3.89. The number of benzene rings is 1. The van der Waals surface area contributed by atoms with Gasteiger partial charge in [-0.2, -0.15) is 0 Å². The summed E-state index contributed by atoms with van der Waals surface area (Å²) in [5.74, 6) is 0.330. The van der Waals surface area contributed by atoms with Crippen molar-refractivity contribution in [3.63, 3.8) is 0 Å². The predicted molar refractivity (Wildman–Crippen MR) is 94.2 cm³/mol. The van der Waals surface area contributed by atoms with Gasteiger partial charge < -0.3 is 24.4 Å². The zero-order valence-electron chi connectivity index (χ0n) is 15.2. The Hall–Kier alpha value is -2.77. The van der Waals surface area contributed by atoms with E-state index in [1.165, 1.54) is 0 Å². The van der Waals surface area contributed by atoms with Crippen LogP contribution in [0.2, 0.25) is 0 Å². The monoisotopic (exact) mass is 364 g/mol. The molecule has 0 fully saturated rings. The molecule has 26 heavy (non-hydrogen) atoms. The number of hydrogen-bond donors (Lipinski definition) is 1. The Morgan fingerprint density at radius 2 is 1.92 bits per heavy atom. The Bertz CT molecular complexity index is 670. The molecular weight excluding hydrogens is 340 g/mol. The van der Waals surface area contributed by atoms with E-state index >= 15 is 0 Å². The van der Waals surface area contributed by atoms with Gasteiger partial charge in [-0.05, 0) is 38.0 Å². The molecule has 8 heteroatoms. The first-order valence-corrected chi connectivity index (χ1v) is 8.55. The fourth-order valence-corrected chi connectivity index (χ4v) is 2.31. The number of carbonyl (C=O) groups excluding carboxylic acids is 2. The van der Waals surface area contributed by atoms with E-state index in [0.29, 0.717) is 17.2 Å². The Kier molecular flexibility index (Phi) is 7.25. The van der Waals surface area contributed by atoms with Crippen LogP contribution < -0.4 is 14.8 Å². The van der Waals surface area contributed by atoms with Crippen LogP contribution in [-0.4, -0.2) is 43.6 Å². The van der Waals surface area contributed by atoms with Crippen LogP contribution in [0.4, 0.5) is 0 Å². The molecule has 0 aromatic heterocycles. The lowest BCUT2D eigenvalue weighted by atomic mass is 10.1. The highest BCUT2D eigenvalue weighted by molar-refractivity contribution is 5.99. The smallest absolute Gasteiger partial charge is 0.347 e. The quantitative estimate of drug-likeness (QED) is 0.409. The molecule has 8 nitrogen and oxygen atoms in total. The van der Waals surface area contributed by atoms with Crippen molar-refractivity contribution in [1.29, 1.82) is 0 Å². The predicted octanol–water partition coefficient (Wildman–Crippen LogP) is 2.00. The topological polar surface area (TPSA) is 95.5 Å². The SMILES string of the molecule is CCC(CC)NC(=O)COC(=O)CO/N=C(/C)c1ccc2c(c1)OCO2. The van der Waals surface area contributed by atoms with Crippen LogP contribution in [0.1, 0.15) is 39.2 Å². The average molecular weight is 364 g/mol. The van der Waals surface area contributed by atoms with Crippen molar-refractivity contribution in [2.45, 2.75) is 39.7 Å². The van der Waals surface area contributed by atoms with Crippen molar-refractivity contribution in [3.8, 4) is 11.5 Å². The molecule has 1 aliphatic heterocycles. The lowest BCUT2D eigenvalue weighted by Crippen LogP contribution is -2.37. The van der Waals surface area contributed by atoms with Gasteiger partial charge in [0.15, 0.2) is 18.1 Å². The largest absolute Gasteiger partial charge is 0.454 e. The van der Waals surface area contributed by atoms with Crippen LogP contribution in [0.25, 0.3) is 0 Å². The summed E-state index contributed by atoms with van der Waals surface area (Å²) in [6.07, 6.45) is 1.65. The van der Waals surface area contributed by atoms with E-state index in [1.54, 1.807) is 19.1 Å². The Morgan fingerprint density at radius 1 is 1.19 bits per heavy atom. The van der Waals surface area contributed by atoms with Crippen LogP contribution in [-0.2, 0) is 19.2 Å². The third kappa shape index (κ3) is 5.65. The van der Waals surface area contributed by atoms with E-state index in [-0.39, 0.29) is 32.0 Å². The maximum atomic E-state index is 11.7. The summed E-state index contributed by atoms with van der Waals surface area (Å²) in [5, 5.41) is 6.66. The molecule has 0 saturated carbocycles. The number of nitrogens with one attached hydrogen (secondary N) is 1. The van der Waals surface area contributed by atoms with Crippen LogP contribution in [0.15, 0.2) is 23.4 Å². The number of fused-ring (bicyclic) bond motifs is 1. The number of ether oxygens (including phenoxy) is 3. The molecule has 2 rings (SSSR count). The van der Waals surface area contributed by atoms with Crippen molar-refractivity contribution in [2.24, 2.45) is 5.16 Å². The van der Waals surface area contributed by atoms with Gasteiger partial charge in [0.25, 0.3) is 5.91 Å². The highest BCUT2D eigenvalue weighted by Crippen LogP contribution is 2.32. The Morgan fingerprint density at radius 3 is 2.65 bits per heavy atom. The second-order valence-corrected chi connectivity index (χ2v) is 5.76. The first-order valence-electron chi connectivity index (χ1n) is 8.55. The number of carbonyl (C=O) groups is 2. The minimum Gasteiger partial charge on any atom is -0.454 e. The second kappa shape index (κ2) is 9.65. The molecular formula is C18H24N2O6. The van der Waals surface area contributed by atoms with Gasteiger partial charge in [-0.25, -0.2) is 4.79 Å². The molecule has 1 N–H and O–H groups in total. The average Bonchev–Trinajstić information content (AvgIpc) is 3.12. The molecule has 1 aromatic carbocycles. The summed E-state index contributed by atoms with van der Waals surface area (Å²) in [6.45, 7) is 5.20. The highest BCUT2D eigenvalue weighted by Gasteiger charge is 2.15. The Labute approximate surface area is 152 Å². The van der Waals surface area contributed by atoms with Gasteiger partial charge in [-0.15, -0.1) is 0 Å². The standard InChI is InChI=1S/C18H24N2O6/c1-4-14(5-2)19-17(21)9-23-18(22)10-26-20-12(3)13-6-7-15-16(8-13)25-11-24-15/h6-8,14H,4-5,9-11H2,1-3H3,(H,19,21)/b20-12-. The molecule has 0 bridgehead atoms. The van der Waals surface area contributed by atoms with Gasteiger partial charge in [0.1, 0.15) is 0 Å². The van der Waals surface area contributed by atoms with E-state index < -0.39 is 5.97 Å². The molecule has 0 spiro atoms. The normalized spacial score (nSPS) is 12.8. The minimum absolute atomic E-state index is 0.0893. The third-order valence-corrected chi connectivity index (χ3v) is 3.89. The molecule has 0 aliphatic carbocycles. The summed E-state index contributed by atoms with van der Waals surface area (Å²) in [4.78, 5) is 28.3. The Balaban J connectivity index is 1.73. The van der Waals surface area contributed by atoms with E-state index in [9.17, 15) is 9.59 Å². The number of esters is 1. The fourth-order valence-electron chi connectivity index (χ4n) is 2.31. The summed E-state index contributed by atoms with van der Waals surface area (Å²) < 4.78 is 15.4. The van der Waals surface area contributed by atoms with Crippen molar-refractivity contribution < 1.29 is 28.6 Å². The second-order valence-electron chi connectivity index (χ2n) is 5.76. The molecule has 1 aromatic rings. The molecule has 0 atom stereocenters. The van der Waals surface area contributed by atoms with E-state index in [0.717, 1.165) is 18.4 Å². The summed E-state index contributed by atoms with van der Waals surface area (Å²) in [6, 6.07) is 5.47. The fraction of sp³-hybridized carbons (Fsp3) is 0.500. The van der Waals surface area contributed by atoms with Gasteiger partial charge in [0, 0.05) is 11.6 Å². The van der Waals surface area contributed by atoms with Gasteiger partial charge in [0.05, 0.1) is 5.71 Å². The molecule has 1 heterocycles. The molecule has 1 aliphatic rings. The molecule has 1 amide bonds. The first-order chi connectivity index (χ1) is 12.5. The summed E-state index contributed by atoms with van der Waals surface area (Å²) in [7, 11) is 0. The number of rotatable bonds is 9. The maximum Gasteiger partial charge on any atom is 0.347 e. The van der Waals surface area contributed by atoms with Crippen molar-refractivity contribution >= 4 is 17.6 Å². The number of amides is 1. The van der Waals surface area contributed by atoms with Crippen molar-refractivity contribution in [3.05, 3.63) is 23.8 Å². The van der Waals surface area contributed by atoms with Gasteiger partial charge in [-0.1, -0.05) is 19.0 Å². The molecule has 142 valence electrons. The lowest BCUT2D eigenvalue weighted by Gasteiger charge is -2.14. The lowest BCUT2D eigenvalue weighted by molar-refractivity contribution is -0.153. The maximum absolute atomic E-state index is 11.7. The first kappa shape index (κ1) is 19.6. The number of oxime groups is 1. The highest BCUT2D eigenvalue weighted by atomic mass is 16.7. The van der Waals surface area contributed by atoms with E-state index in [4.69, 9.17) is 19.0 Å². The van der Waals surface area contributed by atoms with Crippen LogP contribution in [0.3, 0.4) is 0 Å². The zero-order valence-corrected chi connectivity index (χ0v) is 15.2. The van der Waals surface area contributed by atoms with Gasteiger partial charge in [0.2, 0.25) is 13.4 Å². The van der Waals surface area contributed by atoms with E-state index in [2.05, 4.69) is 10.5 Å². The summed E-state index contributed by atoms with van der Waals surface area (Å²) >= 11 is 0. The van der Waals surface area contributed by atoms with Crippen LogP contribution in [0, 0.1) is 0 Å². The van der Waals surface area contributed by atoms with Gasteiger partial charge in [-0.3, -0.25) is 4.79 Å². The molecule has 0 saturated heterocycles. The van der Waals surface area contributed by atoms with Crippen molar-refractivity contribution in [1.82, 2.24) is 5.32 Å². The number of nitrogens with zero attached hydrogens (tertiary/aromatic N) is 1. The number of hydrogen-bond acceptors (Lipinski definition) is 7. The summed E-state index contributed by atoms with van der Waals surface area (Å²) in [5.41, 5.74) is 1.36. The molecule has 0 radical (unpaired) electrons. The van der Waals surface area contributed by atoms with Crippen molar-refractivity contribution in [2.75, 3.05) is 20.0 Å². The van der Waals surface area contributed by atoms with Crippen LogP contribution >= 0.6 is 0 Å². The minimum atomic E-state index is -0.660. The van der Waals surface area contributed by atoms with Crippen LogP contribution in [0.5, 0.6) is 11.5 Å². The molecule has 0 unspecified atom stereocenters. The van der Waals surface area contributed by atoms with E-state index in [1.807, 2.05) is 19.9 Å².